The highest BCUT2D eigenvalue weighted by molar-refractivity contribution is 5.92. The Hall–Kier alpha value is -1.65. The fourth-order valence-corrected chi connectivity index (χ4v) is 0.823. The molecule has 0 saturated carbocycles. The second-order valence-corrected chi connectivity index (χ2v) is 2.65. The van der Waals surface area contributed by atoms with Gasteiger partial charge in [-0.25, -0.2) is 4.98 Å². The van der Waals surface area contributed by atoms with Crippen LogP contribution in [0.1, 0.15) is 17.4 Å². The van der Waals surface area contributed by atoms with Crippen molar-refractivity contribution < 1.29 is 4.79 Å². The van der Waals surface area contributed by atoms with Gasteiger partial charge in [0.25, 0.3) is 5.91 Å². The first-order valence-corrected chi connectivity index (χ1v) is 3.98. The monoisotopic (exact) mass is 180 g/mol. The smallest absolute Gasteiger partial charge is 0.273 e. The number of aromatic nitrogens is 2. The van der Waals surface area contributed by atoms with E-state index in [9.17, 15) is 4.79 Å². The molecule has 1 aromatic heterocycles. The number of nitrogen functional groups attached to an aromatic ring is 1. The number of hydrogen-bond acceptors (Lipinski definition) is 4. The van der Waals surface area contributed by atoms with Gasteiger partial charge in [-0.15, -0.1) is 0 Å². The van der Waals surface area contributed by atoms with E-state index in [1.165, 1.54) is 12.4 Å². The molecule has 0 spiro atoms. The summed E-state index contributed by atoms with van der Waals surface area (Å²) >= 11 is 0. The van der Waals surface area contributed by atoms with Crippen molar-refractivity contribution in [2.24, 2.45) is 0 Å². The summed E-state index contributed by atoms with van der Waals surface area (Å²) in [6.07, 6.45) is 2.81. The van der Waals surface area contributed by atoms with Crippen LogP contribution >= 0.6 is 0 Å². The van der Waals surface area contributed by atoms with Gasteiger partial charge < -0.3 is 10.6 Å². The molecule has 0 aromatic carbocycles. The predicted molar refractivity (Wildman–Crippen MR) is 49.1 cm³/mol. The van der Waals surface area contributed by atoms with Gasteiger partial charge in [-0.2, -0.15) is 0 Å². The first-order valence-electron chi connectivity index (χ1n) is 3.98. The SMILES string of the molecule is CCN(C)C(=O)c1cncc(N)n1. The lowest BCUT2D eigenvalue weighted by Gasteiger charge is -2.13. The average Bonchev–Trinajstić information content (AvgIpc) is 2.15. The summed E-state index contributed by atoms with van der Waals surface area (Å²) in [5, 5.41) is 0. The number of rotatable bonds is 2. The number of hydrogen-bond donors (Lipinski definition) is 1. The zero-order chi connectivity index (χ0) is 9.84. The molecule has 1 amide bonds. The molecule has 0 unspecified atom stereocenters. The largest absolute Gasteiger partial charge is 0.382 e. The van der Waals surface area contributed by atoms with E-state index in [4.69, 9.17) is 5.73 Å². The van der Waals surface area contributed by atoms with Gasteiger partial charge >= 0.3 is 0 Å². The molecule has 2 N–H and O–H groups in total. The minimum Gasteiger partial charge on any atom is -0.382 e. The Morgan fingerprint density at radius 1 is 1.62 bits per heavy atom. The van der Waals surface area contributed by atoms with E-state index < -0.39 is 0 Å². The summed E-state index contributed by atoms with van der Waals surface area (Å²) in [4.78, 5) is 20.7. The van der Waals surface area contributed by atoms with Crippen molar-refractivity contribution in [2.45, 2.75) is 6.92 Å². The van der Waals surface area contributed by atoms with E-state index in [0.717, 1.165) is 0 Å². The lowest BCUT2D eigenvalue weighted by molar-refractivity contribution is 0.0796. The highest BCUT2D eigenvalue weighted by atomic mass is 16.2. The second kappa shape index (κ2) is 3.84. The van der Waals surface area contributed by atoms with Gasteiger partial charge in [-0.1, -0.05) is 0 Å². The van der Waals surface area contributed by atoms with Crippen LogP contribution in [0.15, 0.2) is 12.4 Å². The third-order valence-electron chi connectivity index (χ3n) is 1.69. The molecular formula is C8H12N4O. The lowest BCUT2D eigenvalue weighted by Crippen LogP contribution is -2.27. The zero-order valence-electron chi connectivity index (χ0n) is 7.69. The predicted octanol–water partition coefficient (Wildman–Crippen LogP) is 0.151. The number of nitrogens with zero attached hydrogens (tertiary/aromatic N) is 3. The normalized spacial score (nSPS) is 9.69. The molecule has 0 saturated heterocycles. The molecule has 1 aromatic rings. The van der Waals surface area contributed by atoms with Crippen LogP contribution < -0.4 is 5.73 Å². The van der Waals surface area contributed by atoms with Crippen LogP contribution in [0.5, 0.6) is 0 Å². The van der Waals surface area contributed by atoms with Gasteiger partial charge in [0.2, 0.25) is 0 Å². The zero-order valence-corrected chi connectivity index (χ0v) is 7.69. The van der Waals surface area contributed by atoms with Gasteiger partial charge in [-0.3, -0.25) is 9.78 Å². The number of nitrogens with two attached hydrogens (primary N) is 1. The lowest BCUT2D eigenvalue weighted by atomic mass is 10.4. The summed E-state index contributed by atoms with van der Waals surface area (Å²) in [6, 6.07) is 0. The molecule has 0 aliphatic rings. The van der Waals surface area contributed by atoms with Crippen molar-refractivity contribution in [3.8, 4) is 0 Å². The van der Waals surface area contributed by atoms with E-state index in [1.807, 2.05) is 6.92 Å². The molecular weight excluding hydrogens is 168 g/mol. The summed E-state index contributed by atoms with van der Waals surface area (Å²) in [5.41, 5.74) is 5.68. The van der Waals surface area contributed by atoms with E-state index in [-0.39, 0.29) is 17.4 Å². The maximum Gasteiger partial charge on any atom is 0.273 e. The highest BCUT2D eigenvalue weighted by Crippen LogP contribution is 2.00. The average molecular weight is 180 g/mol. The molecule has 5 nitrogen and oxygen atoms in total. The van der Waals surface area contributed by atoms with Crippen molar-refractivity contribution in [3.05, 3.63) is 18.1 Å². The van der Waals surface area contributed by atoms with Gasteiger partial charge in [0.15, 0.2) is 0 Å². The van der Waals surface area contributed by atoms with E-state index in [0.29, 0.717) is 6.54 Å². The Kier molecular flexibility index (Phi) is 2.79. The second-order valence-electron chi connectivity index (χ2n) is 2.65. The third kappa shape index (κ3) is 2.14. The van der Waals surface area contributed by atoms with E-state index in [2.05, 4.69) is 9.97 Å². The molecule has 13 heavy (non-hydrogen) atoms. The van der Waals surface area contributed by atoms with Gasteiger partial charge in [0.1, 0.15) is 11.5 Å². The van der Waals surface area contributed by atoms with Crippen LogP contribution in [0.4, 0.5) is 5.82 Å². The van der Waals surface area contributed by atoms with Crippen LogP contribution in [0.2, 0.25) is 0 Å². The molecule has 70 valence electrons. The fraction of sp³-hybridized carbons (Fsp3) is 0.375. The van der Waals surface area contributed by atoms with Crippen LogP contribution in [0, 0.1) is 0 Å². The maximum absolute atomic E-state index is 11.5. The Morgan fingerprint density at radius 3 is 2.85 bits per heavy atom. The van der Waals surface area contributed by atoms with Gasteiger partial charge in [0, 0.05) is 13.6 Å². The molecule has 0 fully saturated rings. The van der Waals surface area contributed by atoms with Crippen LogP contribution in [0.25, 0.3) is 0 Å². The molecule has 1 rings (SSSR count). The molecule has 5 heteroatoms. The van der Waals surface area contributed by atoms with Crippen LogP contribution in [0.3, 0.4) is 0 Å². The van der Waals surface area contributed by atoms with Gasteiger partial charge in [-0.05, 0) is 6.92 Å². The molecule has 1 heterocycles. The van der Waals surface area contributed by atoms with Crippen molar-refractivity contribution in [1.82, 2.24) is 14.9 Å². The first-order chi connectivity index (χ1) is 6.15. The molecule has 0 bridgehead atoms. The molecule has 0 atom stereocenters. The minimum atomic E-state index is -0.165. The molecule has 0 radical (unpaired) electrons. The van der Waals surface area contributed by atoms with Crippen LogP contribution in [-0.2, 0) is 0 Å². The van der Waals surface area contributed by atoms with Crippen molar-refractivity contribution >= 4 is 11.7 Å². The van der Waals surface area contributed by atoms with Crippen molar-refractivity contribution in [3.63, 3.8) is 0 Å². The van der Waals surface area contributed by atoms with E-state index >= 15 is 0 Å². The Balaban J connectivity index is 2.89. The Labute approximate surface area is 76.6 Å². The van der Waals surface area contributed by atoms with Crippen LogP contribution in [-0.4, -0.2) is 34.4 Å². The molecule has 0 aliphatic carbocycles. The highest BCUT2D eigenvalue weighted by Gasteiger charge is 2.11. The van der Waals surface area contributed by atoms with Crippen molar-refractivity contribution in [2.75, 3.05) is 19.3 Å². The standard InChI is InChI=1S/C8H12N4O/c1-3-12(2)8(13)6-4-10-5-7(9)11-6/h4-5H,3H2,1-2H3,(H2,9,11). The maximum atomic E-state index is 11.5. The summed E-state index contributed by atoms with van der Waals surface area (Å²) in [6.45, 7) is 2.52. The van der Waals surface area contributed by atoms with E-state index in [1.54, 1.807) is 11.9 Å². The summed E-state index contributed by atoms with van der Waals surface area (Å²) in [5.74, 6) is 0.0950. The Bertz CT molecular complexity index is 313. The minimum absolute atomic E-state index is 0.165. The summed E-state index contributed by atoms with van der Waals surface area (Å²) < 4.78 is 0. The van der Waals surface area contributed by atoms with Crippen molar-refractivity contribution in [1.29, 1.82) is 0 Å². The Morgan fingerprint density at radius 2 is 2.31 bits per heavy atom. The number of amides is 1. The molecule has 0 aliphatic heterocycles. The summed E-state index contributed by atoms with van der Waals surface area (Å²) in [7, 11) is 1.70. The number of carbonyl (C=O) groups is 1. The topological polar surface area (TPSA) is 72.1 Å². The fourth-order valence-electron chi connectivity index (χ4n) is 0.823. The quantitative estimate of drug-likeness (QED) is 0.703. The third-order valence-corrected chi connectivity index (χ3v) is 1.69. The number of anilines is 1. The first kappa shape index (κ1) is 9.44. The van der Waals surface area contributed by atoms with Gasteiger partial charge in [0.05, 0.1) is 12.4 Å². The number of carbonyl (C=O) groups excluding carboxylic acids is 1.